The van der Waals surface area contributed by atoms with Gasteiger partial charge in [-0.1, -0.05) is 0 Å². The van der Waals surface area contributed by atoms with Crippen LogP contribution in [0, 0.1) is 0 Å². The molecule has 146 valence electrons. The number of phenols is 1. The Morgan fingerprint density at radius 3 is 2.46 bits per heavy atom. The Bertz CT molecular complexity index is 1010. The number of ether oxygens (including phenoxy) is 2. The second kappa shape index (κ2) is 9.05. The average Bonchev–Trinajstić information content (AvgIpc) is 2.69. The summed E-state index contributed by atoms with van der Waals surface area (Å²) in [5, 5.41) is 13.2. The summed E-state index contributed by atoms with van der Waals surface area (Å²) in [6, 6.07) is 11.3. The Kier molecular flexibility index (Phi) is 6.79. The number of benzene rings is 2. The maximum atomic E-state index is 12.4. The maximum absolute atomic E-state index is 12.4. The van der Waals surface area contributed by atoms with Crippen LogP contribution in [0.3, 0.4) is 0 Å². The first-order valence-corrected chi connectivity index (χ1v) is 8.27. The molecule has 0 unspecified atom stereocenters. The molecule has 1 aromatic heterocycles. The first-order valence-electron chi connectivity index (χ1n) is 8.27. The highest BCUT2D eigenvalue weighted by Crippen LogP contribution is 2.31. The number of carbonyl (C=O) groups excluding carboxylic acids is 2. The number of phenolic OH excluding ortho intramolecular Hbond substituents is 1. The van der Waals surface area contributed by atoms with Gasteiger partial charge in [0.15, 0.2) is 0 Å². The third-order valence-corrected chi connectivity index (χ3v) is 3.92. The first kappa shape index (κ1) is 21.0. The zero-order valence-corrected chi connectivity index (χ0v) is 16.1. The highest BCUT2D eigenvalue weighted by molar-refractivity contribution is 6.07. The number of halogens is 1. The molecule has 0 bridgehead atoms. The van der Waals surface area contributed by atoms with Crippen molar-refractivity contribution in [1.29, 1.82) is 0 Å². The maximum Gasteiger partial charge on any atom is 0.341 e. The van der Waals surface area contributed by atoms with E-state index in [1.54, 1.807) is 37.3 Å². The molecule has 0 aliphatic heterocycles. The number of pyridine rings is 1. The van der Waals surface area contributed by atoms with Crippen LogP contribution in [-0.2, 0) is 9.47 Å². The fraction of sp³-hybridized carbons (Fsp3) is 0.150. The smallest absolute Gasteiger partial charge is 0.341 e. The van der Waals surface area contributed by atoms with Gasteiger partial charge in [0.1, 0.15) is 11.3 Å². The van der Waals surface area contributed by atoms with E-state index in [1.165, 1.54) is 25.4 Å². The number of esters is 2. The van der Waals surface area contributed by atoms with Gasteiger partial charge in [0.2, 0.25) is 0 Å². The van der Waals surface area contributed by atoms with Crippen LogP contribution in [0.25, 0.3) is 10.9 Å². The highest BCUT2D eigenvalue weighted by Gasteiger charge is 2.18. The van der Waals surface area contributed by atoms with E-state index in [1.807, 2.05) is 0 Å². The number of carbonyl (C=O) groups is 2. The van der Waals surface area contributed by atoms with Gasteiger partial charge in [-0.2, -0.15) is 0 Å². The number of anilines is 2. The van der Waals surface area contributed by atoms with Gasteiger partial charge in [-0.25, -0.2) is 9.59 Å². The van der Waals surface area contributed by atoms with Gasteiger partial charge in [-0.15, -0.1) is 12.4 Å². The summed E-state index contributed by atoms with van der Waals surface area (Å²) in [6.07, 6.45) is 1.43. The lowest BCUT2D eigenvalue weighted by Gasteiger charge is -2.15. The number of rotatable bonds is 5. The number of methoxy groups -OCH3 is 1. The molecule has 28 heavy (non-hydrogen) atoms. The predicted molar refractivity (Wildman–Crippen MR) is 108 cm³/mol. The summed E-state index contributed by atoms with van der Waals surface area (Å²) in [6.45, 7) is 1.94. The molecule has 0 aliphatic rings. The van der Waals surface area contributed by atoms with E-state index in [4.69, 9.17) is 9.47 Å². The van der Waals surface area contributed by atoms with E-state index in [-0.39, 0.29) is 30.3 Å². The van der Waals surface area contributed by atoms with Crippen molar-refractivity contribution in [2.45, 2.75) is 6.92 Å². The van der Waals surface area contributed by atoms with Crippen LogP contribution in [0.15, 0.2) is 48.7 Å². The lowest BCUT2D eigenvalue weighted by Crippen LogP contribution is -2.10. The fourth-order valence-electron chi connectivity index (χ4n) is 2.62. The summed E-state index contributed by atoms with van der Waals surface area (Å²) in [5.74, 6) is -0.899. The molecule has 3 aromatic rings. The molecule has 7 nitrogen and oxygen atoms in total. The monoisotopic (exact) mass is 402 g/mol. The summed E-state index contributed by atoms with van der Waals surface area (Å²) >= 11 is 0. The lowest BCUT2D eigenvalue weighted by atomic mass is 10.1. The van der Waals surface area contributed by atoms with Crippen molar-refractivity contribution in [1.82, 2.24) is 4.98 Å². The largest absolute Gasteiger partial charge is 0.508 e. The second-order valence-electron chi connectivity index (χ2n) is 5.66. The van der Waals surface area contributed by atoms with Gasteiger partial charge >= 0.3 is 11.9 Å². The Morgan fingerprint density at radius 2 is 1.82 bits per heavy atom. The second-order valence-corrected chi connectivity index (χ2v) is 5.66. The van der Waals surface area contributed by atoms with Crippen molar-refractivity contribution >= 4 is 46.6 Å². The minimum Gasteiger partial charge on any atom is -0.508 e. The highest BCUT2D eigenvalue weighted by atomic mass is 35.5. The van der Waals surface area contributed by atoms with Crippen molar-refractivity contribution in [3.8, 4) is 5.75 Å². The molecular weight excluding hydrogens is 384 g/mol. The number of hydrogen-bond acceptors (Lipinski definition) is 7. The van der Waals surface area contributed by atoms with Gasteiger partial charge in [-0.05, 0) is 49.4 Å². The summed E-state index contributed by atoms with van der Waals surface area (Å²) in [4.78, 5) is 28.6. The molecule has 0 spiro atoms. The van der Waals surface area contributed by atoms with E-state index in [9.17, 15) is 14.7 Å². The Labute approximate surface area is 167 Å². The summed E-state index contributed by atoms with van der Waals surface area (Å²) in [7, 11) is 1.30. The van der Waals surface area contributed by atoms with Crippen molar-refractivity contribution < 1.29 is 24.2 Å². The minimum atomic E-state index is -0.531. The quantitative estimate of drug-likeness (QED) is 0.490. The van der Waals surface area contributed by atoms with Gasteiger partial charge < -0.3 is 19.9 Å². The summed E-state index contributed by atoms with van der Waals surface area (Å²) in [5.41, 5.74) is 2.27. The van der Waals surface area contributed by atoms with Gasteiger partial charge in [0.05, 0.1) is 30.5 Å². The van der Waals surface area contributed by atoms with Crippen molar-refractivity contribution in [3.63, 3.8) is 0 Å². The number of aromatic nitrogens is 1. The molecule has 0 aliphatic carbocycles. The van der Waals surface area contributed by atoms with Crippen LogP contribution in [0.2, 0.25) is 0 Å². The van der Waals surface area contributed by atoms with E-state index in [0.29, 0.717) is 27.8 Å². The molecule has 0 radical (unpaired) electrons. The van der Waals surface area contributed by atoms with E-state index in [2.05, 4.69) is 10.3 Å². The third kappa shape index (κ3) is 4.32. The van der Waals surface area contributed by atoms with Crippen LogP contribution < -0.4 is 5.32 Å². The van der Waals surface area contributed by atoms with Crippen LogP contribution >= 0.6 is 12.4 Å². The molecule has 0 saturated heterocycles. The number of nitrogens with one attached hydrogen (secondary N) is 1. The van der Waals surface area contributed by atoms with Crippen LogP contribution in [0.5, 0.6) is 5.75 Å². The molecule has 0 atom stereocenters. The third-order valence-electron chi connectivity index (χ3n) is 3.92. The van der Waals surface area contributed by atoms with Crippen LogP contribution in [0.4, 0.5) is 11.4 Å². The lowest BCUT2D eigenvalue weighted by molar-refractivity contribution is 0.0526. The summed E-state index contributed by atoms with van der Waals surface area (Å²) < 4.78 is 9.90. The standard InChI is InChI=1S/C20H18N2O5.ClH/c1-3-27-20(25)16-11-21-17-9-4-12(19(24)26-2)10-15(17)18(16)22-13-5-7-14(23)8-6-13;/h4-11,23H,3H2,1-2H3,(H,21,22);1H. The Hall–Kier alpha value is -3.32. The normalized spacial score (nSPS) is 10.1. The zero-order valence-electron chi connectivity index (χ0n) is 15.3. The molecule has 1 heterocycles. The number of aromatic hydroxyl groups is 1. The van der Waals surface area contributed by atoms with Crippen molar-refractivity contribution in [3.05, 3.63) is 59.8 Å². The van der Waals surface area contributed by atoms with Crippen LogP contribution in [-0.4, -0.2) is 35.7 Å². The molecule has 0 saturated carbocycles. The average molecular weight is 403 g/mol. The SMILES string of the molecule is CCOC(=O)c1cnc2ccc(C(=O)OC)cc2c1Nc1ccc(O)cc1.Cl. The van der Waals surface area contributed by atoms with Gasteiger partial charge in [0, 0.05) is 17.3 Å². The molecule has 2 aromatic carbocycles. The minimum absolute atomic E-state index is 0. The molecule has 0 fully saturated rings. The van der Waals surface area contributed by atoms with Crippen LogP contribution in [0.1, 0.15) is 27.6 Å². The topological polar surface area (TPSA) is 97.8 Å². The van der Waals surface area contributed by atoms with Gasteiger partial charge in [-0.3, -0.25) is 4.98 Å². The number of nitrogens with zero attached hydrogens (tertiary/aromatic N) is 1. The molecular formula is C20H19ClN2O5. The predicted octanol–water partition coefficient (Wildman–Crippen LogP) is 4.07. The number of fused-ring (bicyclic) bond motifs is 1. The Balaban J connectivity index is 0.00000280. The zero-order chi connectivity index (χ0) is 19.4. The molecule has 2 N–H and O–H groups in total. The molecule has 8 heteroatoms. The Morgan fingerprint density at radius 1 is 1.11 bits per heavy atom. The molecule has 3 rings (SSSR count). The first-order chi connectivity index (χ1) is 13.0. The fourth-order valence-corrected chi connectivity index (χ4v) is 2.62. The van der Waals surface area contributed by atoms with E-state index >= 15 is 0 Å². The van der Waals surface area contributed by atoms with Crippen molar-refractivity contribution in [2.75, 3.05) is 19.0 Å². The van der Waals surface area contributed by atoms with Crippen molar-refractivity contribution in [2.24, 2.45) is 0 Å². The number of hydrogen-bond donors (Lipinski definition) is 2. The van der Waals surface area contributed by atoms with Gasteiger partial charge in [0.25, 0.3) is 0 Å². The van der Waals surface area contributed by atoms with E-state index < -0.39 is 11.9 Å². The molecule has 0 amide bonds. The van der Waals surface area contributed by atoms with E-state index in [0.717, 1.165) is 0 Å².